The normalized spacial score (nSPS) is 32.3. The number of carbonyl (C=O) groups excluding carboxylic acids is 1. The molecule has 0 bridgehead atoms. The predicted octanol–water partition coefficient (Wildman–Crippen LogP) is -1.04. The molecule has 1 aliphatic rings. The summed E-state index contributed by atoms with van der Waals surface area (Å²) in [6.07, 6.45) is -2.33. The second kappa shape index (κ2) is 4.54. The van der Waals surface area contributed by atoms with E-state index in [1.807, 2.05) is 0 Å². The van der Waals surface area contributed by atoms with Crippen LogP contribution in [0.1, 0.15) is 13.3 Å². The van der Waals surface area contributed by atoms with Gasteiger partial charge in [0.15, 0.2) is 0 Å². The first-order chi connectivity index (χ1) is 6.56. The molecule has 5 nitrogen and oxygen atoms in total. The molecule has 0 aliphatic heterocycles. The lowest BCUT2D eigenvalue weighted by molar-refractivity contribution is -0.140. The summed E-state index contributed by atoms with van der Waals surface area (Å²) in [4.78, 5) is 11.2. The van der Waals surface area contributed by atoms with E-state index in [1.165, 1.54) is 6.08 Å². The number of aliphatic hydroxyl groups excluding tert-OH is 3. The van der Waals surface area contributed by atoms with Gasteiger partial charge in [0.2, 0.25) is 0 Å². The van der Waals surface area contributed by atoms with Crippen LogP contribution >= 0.6 is 0 Å². The summed E-state index contributed by atoms with van der Waals surface area (Å²) in [5.74, 6) is -0.558. The van der Waals surface area contributed by atoms with Crippen molar-refractivity contribution in [3.8, 4) is 0 Å². The molecule has 0 aromatic rings. The van der Waals surface area contributed by atoms with Gasteiger partial charge < -0.3 is 20.1 Å². The summed E-state index contributed by atoms with van der Waals surface area (Å²) in [5, 5.41) is 27.7. The van der Waals surface area contributed by atoms with Gasteiger partial charge in [0.1, 0.15) is 12.2 Å². The van der Waals surface area contributed by atoms with E-state index in [4.69, 9.17) is 4.74 Å². The van der Waals surface area contributed by atoms with Gasteiger partial charge in [0.25, 0.3) is 0 Å². The Balaban J connectivity index is 2.71. The van der Waals surface area contributed by atoms with Crippen molar-refractivity contribution in [3.63, 3.8) is 0 Å². The van der Waals surface area contributed by atoms with Crippen molar-refractivity contribution in [2.24, 2.45) is 0 Å². The summed E-state index contributed by atoms with van der Waals surface area (Å²) in [6, 6.07) is 0. The number of carbonyl (C=O) groups is 1. The van der Waals surface area contributed by atoms with Crippen molar-refractivity contribution in [2.75, 3.05) is 6.61 Å². The highest BCUT2D eigenvalue weighted by Gasteiger charge is 2.31. The van der Waals surface area contributed by atoms with Crippen LogP contribution in [0.4, 0.5) is 0 Å². The molecule has 3 N–H and O–H groups in total. The second-order valence-electron chi connectivity index (χ2n) is 3.17. The van der Waals surface area contributed by atoms with Crippen LogP contribution in [0.5, 0.6) is 0 Å². The number of ether oxygens (including phenoxy) is 1. The lowest BCUT2D eigenvalue weighted by atomic mass is 9.92. The van der Waals surface area contributed by atoms with Crippen LogP contribution in [-0.2, 0) is 9.53 Å². The Morgan fingerprint density at radius 2 is 2.21 bits per heavy atom. The topological polar surface area (TPSA) is 87.0 Å². The minimum absolute atomic E-state index is 0.0110. The van der Waals surface area contributed by atoms with Crippen molar-refractivity contribution in [1.29, 1.82) is 0 Å². The molecular weight excluding hydrogens is 188 g/mol. The van der Waals surface area contributed by atoms with Crippen LogP contribution in [0.3, 0.4) is 0 Å². The van der Waals surface area contributed by atoms with Gasteiger partial charge in [0.05, 0.1) is 12.7 Å². The van der Waals surface area contributed by atoms with Crippen molar-refractivity contribution in [1.82, 2.24) is 0 Å². The number of rotatable bonds is 2. The van der Waals surface area contributed by atoms with Crippen LogP contribution in [-0.4, -0.2) is 46.2 Å². The minimum atomic E-state index is -1.23. The first-order valence-electron chi connectivity index (χ1n) is 4.48. The maximum Gasteiger partial charge on any atom is 0.333 e. The molecule has 0 spiro atoms. The van der Waals surface area contributed by atoms with Crippen LogP contribution in [0.25, 0.3) is 0 Å². The fourth-order valence-electron chi connectivity index (χ4n) is 1.32. The van der Waals surface area contributed by atoms with Crippen LogP contribution < -0.4 is 0 Å². The highest BCUT2D eigenvalue weighted by molar-refractivity contribution is 5.88. The van der Waals surface area contributed by atoms with Crippen molar-refractivity contribution in [2.45, 2.75) is 31.7 Å². The van der Waals surface area contributed by atoms with Gasteiger partial charge >= 0.3 is 5.97 Å². The van der Waals surface area contributed by atoms with Crippen molar-refractivity contribution >= 4 is 5.97 Å². The monoisotopic (exact) mass is 202 g/mol. The van der Waals surface area contributed by atoms with Gasteiger partial charge in [-0.3, -0.25) is 0 Å². The van der Waals surface area contributed by atoms with Crippen molar-refractivity contribution in [3.05, 3.63) is 11.6 Å². The highest BCUT2D eigenvalue weighted by Crippen LogP contribution is 2.20. The SMILES string of the molecule is CCOC(=O)C1=C[C@@H](O)[C@@H](O)[C@H](O)C1. The zero-order chi connectivity index (χ0) is 10.7. The summed E-state index contributed by atoms with van der Waals surface area (Å²) in [5.41, 5.74) is 0.206. The number of aliphatic hydroxyl groups is 3. The molecule has 1 rings (SSSR count). The third-order valence-electron chi connectivity index (χ3n) is 2.08. The second-order valence-corrected chi connectivity index (χ2v) is 3.17. The van der Waals surface area contributed by atoms with E-state index in [1.54, 1.807) is 6.92 Å². The van der Waals surface area contributed by atoms with Gasteiger partial charge in [-0.15, -0.1) is 0 Å². The van der Waals surface area contributed by atoms with Crippen LogP contribution in [0.2, 0.25) is 0 Å². The molecule has 0 radical (unpaired) electrons. The van der Waals surface area contributed by atoms with Gasteiger partial charge in [0, 0.05) is 12.0 Å². The molecule has 80 valence electrons. The number of hydrogen-bond acceptors (Lipinski definition) is 5. The van der Waals surface area contributed by atoms with E-state index >= 15 is 0 Å². The van der Waals surface area contributed by atoms with E-state index < -0.39 is 24.3 Å². The summed E-state index contributed by atoms with van der Waals surface area (Å²) in [6.45, 7) is 1.91. The minimum Gasteiger partial charge on any atom is -0.463 e. The Bertz CT molecular complexity index is 248. The molecule has 0 aromatic carbocycles. The molecule has 3 atom stereocenters. The van der Waals surface area contributed by atoms with Gasteiger partial charge in [-0.2, -0.15) is 0 Å². The zero-order valence-corrected chi connectivity index (χ0v) is 7.88. The Labute approximate surface area is 81.6 Å². The smallest absolute Gasteiger partial charge is 0.333 e. The Kier molecular flexibility index (Phi) is 3.62. The van der Waals surface area contributed by atoms with Gasteiger partial charge in [-0.1, -0.05) is 0 Å². The summed E-state index contributed by atoms with van der Waals surface area (Å²) < 4.78 is 4.70. The molecule has 0 saturated carbocycles. The Morgan fingerprint density at radius 1 is 1.57 bits per heavy atom. The van der Waals surface area contributed by atoms with E-state index in [0.29, 0.717) is 0 Å². The lowest BCUT2D eigenvalue weighted by Gasteiger charge is -2.26. The standard InChI is InChI=1S/C9H14O5/c1-2-14-9(13)5-3-6(10)8(12)7(11)4-5/h3,6-8,10-12H,2,4H2,1H3/t6-,7-,8-/m1/s1. The maximum absolute atomic E-state index is 11.2. The van der Waals surface area contributed by atoms with Crippen LogP contribution in [0, 0.1) is 0 Å². The van der Waals surface area contributed by atoms with Gasteiger partial charge in [-0.05, 0) is 13.0 Å². The maximum atomic E-state index is 11.2. The van der Waals surface area contributed by atoms with E-state index in [-0.39, 0.29) is 18.6 Å². The summed E-state index contributed by atoms with van der Waals surface area (Å²) in [7, 11) is 0. The third kappa shape index (κ3) is 2.31. The molecule has 0 amide bonds. The molecule has 0 saturated heterocycles. The highest BCUT2D eigenvalue weighted by atomic mass is 16.5. The van der Waals surface area contributed by atoms with Crippen molar-refractivity contribution < 1.29 is 24.9 Å². The molecule has 14 heavy (non-hydrogen) atoms. The predicted molar refractivity (Wildman–Crippen MR) is 47.4 cm³/mol. The molecule has 0 aromatic heterocycles. The zero-order valence-electron chi connectivity index (χ0n) is 7.88. The fourth-order valence-corrected chi connectivity index (χ4v) is 1.32. The average molecular weight is 202 g/mol. The largest absolute Gasteiger partial charge is 0.463 e. The number of esters is 1. The molecular formula is C9H14O5. The first kappa shape index (κ1) is 11.2. The molecule has 0 heterocycles. The molecule has 0 fully saturated rings. The van der Waals surface area contributed by atoms with E-state index in [2.05, 4.69) is 0 Å². The fraction of sp³-hybridized carbons (Fsp3) is 0.667. The Morgan fingerprint density at radius 3 is 2.71 bits per heavy atom. The van der Waals surface area contributed by atoms with Gasteiger partial charge in [-0.25, -0.2) is 4.79 Å². The first-order valence-corrected chi connectivity index (χ1v) is 4.48. The quantitative estimate of drug-likeness (QED) is 0.498. The molecule has 0 unspecified atom stereocenters. The Hall–Kier alpha value is -0.910. The lowest BCUT2D eigenvalue weighted by Crippen LogP contribution is -2.41. The molecule has 5 heteroatoms. The molecule has 1 aliphatic carbocycles. The van der Waals surface area contributed by atoms with Crippen LogP contribution in [0.15, 0.2) is 11.6 Å². The summed E-state index contributed by atoms with van der Waals surface area (Å²) >= 11 is 0. The average Bonchev–Trinajstić information content (AvgIpc) is 2.13. The number of hydrogen-bond donors (Lipinski definition) is 3. The van der Waals surface area contributed by atoms with E-state index in [0.717, 1.165) is 0 Å². The third-order valence-corrected chi connectivity index (χ3v) is 2.08. The van der Waals surface area contributed by atoms with E-state index in [9.17, 15) is 20.1 Å².